The van der Waals surface area contributed by atoms with Crippen LogP contribution in [0.25, 0.3) is 16.6 Å². The molecule has 8 heterocycles. The second-order valence-corrected chi connectivity index (χ2v) is 17.8. The third-order valence-corrected chi connectivity index (χ3v) is 13.4. The summed E-state index contributed by atoms with van der Waals surface area (Å²) < 4.78 is 106. The van der Waals surface area contributed by atoms with Gasteiger partial charge in [0, 0.05) is 44.3 Å². The second-order valence-electron chi connectivity index (χ2n) is 17.8. The van der Waals surface area contributed by atoms with Crippen LogP contribution >= 0.6 is 0 Å². The minimum Gasteiger partial charge on any atom is -0.374 e. The highest BCUT2D eigenvalue weighted by atomic mass is 19.3. The zero-order chi connectivity index (χ0) is 46.1. The summed E-state index contributed by atoms with van der Waals surface area (Å²) in [5.41, 5.74) is 0.994. The highest BCUT2D eigenvalue weighted by Gasteiger charge is 2.61. The van der Waals surface area contributed by atoms with Crippen LogP contribution in [0, 0.1) is 17.8 Å². The minimum absolute atomic E-state index is 0.0230. The van der Waals surface area contributed by atoms with Gasteiger partial charge in [0.1, 0.15) is 18.0 Å². The van der Waals surface area contributed by atoms with Crippen LogP contribution in [0.15, 0.2) is 42.9 Å². The molecule has 5 aliphatic rings. The van der Waals surface area contributed by atoms with Gasteiger partial charge in [-0.3, -0.25) is 34.0 Å². The summed E-state index contributed by atoms with van der Waals surface area (Å²) in [5.74, 6) is -4.14. The molecule has 1 aromatic carbocycles. The number of alkyl halides is 6. The van der Waals surface area contributed by atoms with E-state index >= 15 is 17.6 Å². The molecule has 4 aliphatic heterocycles. The fourth-order valence-corrected chi connectivity index (χ4v) is 10.3. The van der Waals surface area contributed by atoms with Gasteiger partial charge in [0.05, 0.1) is 72.5 Å². The van der Waals surface area contributed by atoms with Crippen LogP contribution in [0.3, 0.4) is 0 Å². The molecule has 0 spiro atoms. The van der Waals surface area contributed by atoms with E-state index in [0.717, 1.165) is 11.3 Å². The molecule has 3 atom stereocenters. The lowest BCUT2D eigenvalue weighted by molar-refractivity contribution is -0.266. The molecule has 1 unspecified atom stereocenters. The number of nitrogens with one attached hydrogen (secondary N) is 2. The summed E-state index contributed by atoms with van der Waals surface area (Å²) in [6.07, 6.45) is 1.83. The van der Waals surface area contributed by atoms with Gasteiger partial charge in [-0.15, -0.1) is 0 Å². The number of aryl methyl sites for hydroxylation is 1. The van der Waals surface area contributed by atoms with Crippen molar-refractivity contribution in [2.24, 2.45) is 13.0 Å². The van der Waals surface area contributed by atoms with Crippen molar-refractivity contribution >= 4 is 45.8 Å². The van der Waals surface area contributed by atoms with Gasteiger partial charge >= 0.3 is 0 Å². The number of ether oxygens (including phenoxy) is 2. The second kappa shape index (κ2) is 17.0. The number of benzene rings is 1. The first-order chi connectivity index (χ1) is 31.6. The monoisotopic (exact) mass is 921 g/mol. The van der Waals surface area contributed by atoms with Crippen molar-refractivity contribution in [2.75, 3.05) is 49.6 Å². The molecule has 348 valence electrons. The number of carbonyl (C=O) groups excluding carboxylic acids is 3. The maximum atomic E-state index is 15.5. The fraction of sp³-hybridized carbons (Fsp3) is 0.523. The summed E-state index contributed by atoms with van der Waals surface area (Å²) in [4.78, 5) is 45.6. The molecule has 4 saturated heterocycles. The summed E-state index contributed by atoms with van der Waals surface area (Å²) in [7, 11) is 1.65. The van der Waals surface area contributed by atoms with E-state index in [0.29, 0.717) is 66.8 Å². The molecule has 16 nitrogen and oxygen atoms in total. The van der Waals surface area contributed by atoms with Crippen molar-refractivity contribution in [3.63, 3.8) is 0 Å². The normalized spacial score (nSPS) is 25.5. The number of anilines is 2. The van der Waals surface area contributed by atoms with E-state index in [9.17, 15) is 23.2 Å². The number of para-hydroxylation sites is 1. The lowest BCUT2D eigenvalue weighted by Crippen LogP contribution is -2.64. The largest absolute Gasteiger partial charge is 0.374 e. The van der Waals surface area contributed by atoms with Gasteiger partial charge in [-0.1, -0.05) is 24.0 Å². The highest BCUT2D eigenvalue weighted by Crippen LogP contribution is 2.42. The third-order valence-electron chi connectivity index (χ3n) is 13.4. The molecule has 1 saturated carbocycles. The number of halogens is 6. The van der Waals surface area contributed by atoms with E-state index in [1.807, 2.05) is 0 Å². The molecule has 2 N–H and O–H groups in total. The number of amides is 3. The zero-order valence-corrected chi connectivity index (χ0v) is 35.6. The van der Waals surface area contributed by atoms with E-state index in [4.69, 9.17) is 9.47 Å². The Balaban J connectivity index is 0.741. The highest BCUT2D eigenvalue weighted by molar-refractivity contribution is 6.08. The Morgan fingerprint density at radius 1 is 1.05 bits per heavy atom. The van der Waals surface area contributed by atoms with Crippen LogP contribution < -0.4 is 15.5 Å². The number of fused-ring (bicyclic) bond motifs is 4. The molecule has 3 amide bonds. The summed E-state index contributed by atoms with van der Waals surface area (Å²) >= 11 is 0. The number of piperidine rings is 2. The number of rotatable bonds is 10. The predicted molar refractivity (Wildman–Crippen MR) is 223 cm³/mol. The molecule has 0 radical (unpaired) electrons. The molecule has 4 aromatic heterocycles. The van der Waals surface area contributed by atoms with Gasteiger partial charge in [0.15, 0.2) is 17.4 Å². The number of nitrogens with zero attached hydrogens (tertiary/aromatic N) is 9. The first-order valence-electron chi connectivity index (χ1n) is 21.9. The maximum absolute atomic E-state index is 15.5. The predicted octanol–water partition coefficient (Wildman–Crippen LogP) is 5.25. The smallest absolute Gasteiger partial charge is 0.292 e. The maximum Gasteiger partial charge on any atom is 0.292 e. The molecule has 5 fully saturated rings. The van der Waals surface area contributed by atoms with Crippen LogP contribution in [-0.2, 0) is 26.1 Å². The first kappa shape index (κ1) is 43.8. The van der Waals surface area contributed by atoms with Crippen LogP contribution in [0.5, 0.6) is 0 Å². The average Bonchev–Trinajstić information content (AvgIpc) is 4.12. The topological polar surface area (TPSA) is 166 Å². The Morgan fingerprint density at radius 2 is 1.83 bits per heavy atom. The summed E-state index contributed by atoms with van der Waals surface area (Å²) in [5, 5.41) is 18.4. The Morgan fingerprint density at radius 3 is 2.55 bits per heavy atom. The Bertz CT molecular complexity index is 2760. The van der Waals surface area contributed by atoms with Gasteiger partial charge in [-0.2, -0.15) is 15.3 Å². The summed E-state index contributed by atoms with van der Waals surface area (Å²) in [6.45, 7) is -1.36. The van der Waals surface area contributed by atoms with Crippen LogP contribution in [-0.4, -0.2) is 126 Å². The van der Waals surface area contributed by atoms with E-state index in [-0.39, 0.29) is 66.3 Å². The van der Waals surface area contributed by atoms with Gasteiger partial charge in [-0.05, 0) is 56.6 Å². The van der Waals surface area contributed by atoms with E-state index in [1.54, 1.807) is 37.5 Å². The number of imide groups is 1. The Hall–Kier alpha value is -6.05. The quantitative estimate of drug-likeness (QED) is 0.107. The lowest BCUT2D eigenvalue weighted by atomic mass is 9.85. The molecular weight excluding hydrogens is 877 g/mol. The van der Waals surface area contributed by atoms with Crippen LogP contribution in [0.4, 0.5) is 37.8 Å². The zero-order valence-electron chi connectivity index (χ0n) is 35.6. The van der Waals surface area contributed by atoms with Gasteiger partial charge in [0.2, 0.25) is 11.8 Å². The molecule has 5 aromatic rings. The first-order valence-corrected chi connectivity index (χ1v) is 21.9. The molecule has 66 heavy (non-hydrogen) atoms. The van der Waals surface area contributed by atoms with E-state index in [1.165, 1.54) is 26.3 Å². The minimum atomic E-state index is -3.91. The molecule has 10 rings (SSSR count). The van der Waals surface area contributed by atoms with Gasteiger partial charge in [-0.25, -0.2) is 35.8 Å². The molecule has 2 bridgehead atoms. The average molecular weight is 922 g/mol. The van der Waals surface area contributed by atoms with Crippen molar-refractivity contribution in [2.45, 2.75) is 93.4 Å². The number of morpholine rings is 1. The number of hydrogen-bond donors (Lipinski definition) is 2. The standard InChI is InChI=1S/C44H45F6N11O5/c1-57-37-25(4-2-6-29(37)35(55-57)30-11-12-34(62)54-40(30)63)5-3-15-65-42-43(47,48)22-58(23-44(42,49)50)18-24-7-9-26(10-8-24)61-20-32(36(56-61)38(45)46)52-41(64)31-17-51-60-14-13-33(53-39(31)60)59-19-28-16-27(59)21-66-28/h2,4,6,13-14,17,20,24,26-28,30,38,42H,7-12,15-16,18-19,21-23H2,1H3,(H,52,64)(H,54,62,63)/t24-,26-,27-,28-,30?/m1/s1. The van der Waals surface area contributed by atoms with Crippen molar-refractivity contribution in [3.8, 4) is 11.8 Å². The fourth-order valence-electron chi connectivity index (χ4n) is 10.3. The Kier molecular flexibility index (Phi) is 11.3. The SMILES string of the molecule is Cn1nc(C2CCC(=O)NC2=O)c2cccc(C#CCOC3C(F)(F)CN(C[C@H]4CC[C@H](n5cc(NC(=O)c6cnn7ccc(N8C[C@H]9C[C@@H]8CO9)nc67)c(C(F)F)n5)CC4)CC3(F)F)c21. The van der Waals surface area contributed by atoms with Crippen LogP contribution in [0.1, 0.15) is 90.6 Å². The number of hydrogen-bond acceptors (Lipinski definition) is 11. The van der Waals surface area contributed by atoms with Crippen molar-refractivity contribution in [3.05, 3.63) is 65.4 Å². The van der Waals surface area contributed by atoms with Crippen molar-refractivity contribution in [1.82, 2.24) is 44.4 Å². The molecule has 22 heteroatoms. The third kappa shape index (κ3) is 8.25. The van der Waals surface area contributed by atoms with E-state index in [2.05, 4.69) is 47.7 Å². The number of aromatic nitrogens is 7. The molecular formula is C44H45F6N11O5. The number of likely N-dealkylation sites (tertiary alicyclic amines) is 1. The van der Waals surface area contributed by atoms with Gasteiger partial charge < -0.3 is 19.7 Å². The van der Waals surface area contributed by atoms with Crippen molar-refractivity contribution in [1.29, 1.82) is 0 Å². The Labute approximate surface area is 372 Å². The van der Waals surface area contributed by atoms with E-state index < -0.39 is 67.5 Å². The molecule has 1 aliphatic carbocycles. The van der Waals surface area contributed by atoms with Crippen LogP contribution in [0.2, 0.25) is 0 Å². The summed E-state index contributed by atoms with van der Waals surface area (Å²) in [6, 6.07) is 6.71. The van der Waals surface area contributed by atoms with Gasteiger partial charge in [0.25, 0.3) is 24.2 Å². The van der Waals surface area contributed by atoms with Crippen molar-refractivity contribution < 1.29 is 50.2 Å². The number of carbonyl (C=O) groups is 3. The lowest BCUT2D eigenvalue weighted by Gasteiger charge is -2.44.